The van der Waals surface area contributed by atoms with Gasteiger partial charge in [0.1, 0.15) is 0 Å². The van der Waals surface area contributed by atoms with Gasteiger partial charge in [0.15, 0.2) is 0 Å². The van der Waals surface area contributed by atoms with Crippen molar-refractivity contribution in [3.05, 3.63) is 0 Å². The van der Waals surface area contributed by atoms with E-state index in [1.165, 1.54) is 0 Å². The predicted molar refractivity (Wildman–Crippen MR) is 70.9 cm³/mol. The molecule has 0 radical (unpaired) electrons. The molecule has 0 aromatic heterocycles. The average Bonchev–Trinajstić information content (AvgIpc) is 2.23. The summed E-state index contributed by atoms with van der Waals surface area (Å²) in [6.45, 7) is 0.715. The van der Waals surface area contributed by atoms with Crippen molar-refractivity contribution in [3.8, 4) is 0 Å². The molecule has 1 amide bonds. The number of unbranched alkanes of at least 4 members (excludes halogenated alkanes) is 3. The molecule has 0 spiro atoms. The van der Waals surface area contributed by atoms with E-state index in [0.717, 1.165) is 25.7 Å². The van der Waals surface area contributed by atoms with E-state index in [1.807, 2.05) is 0 Å². The lowest BCUT2D eigenvalue weighted by molar-refractivity contribution is -0.121. The smallest absolute Gasteiger partial charge is 0.355 e. The molecule has 3 nitrogen and oxygen atoms in total. The predicted octanol–water partition coefficient (Wildman–Crippen LogP) is 2.69. The summed E-state index contributed by atoms with van der Waals surface area (Å²) >= 11 is -0.118. The highest BCUT2D eigenvalue weighted by atomic mass is 35.5. The van der Waals surface area contributed by atoms with Gasteiger partial charge in [-0.05, 0) is 31.1 Å². The molecule has 0 aliphatic rings. The lowest BCUT2D eigenvalue weighted by atomic mass is 10.1. The second-order valence-electron chi connectivity index (χ2n) is 3.60. The Morgan fingerprint density at radius 3 is 2.33 bits per heavy atom. The first-order chi connectivity index (χ1) is 7.95. The molecule has 0 rings (SSSR count). The third-order valence-electron chi connectivity index (χ3n) is 2.05. The molecule has 3 N–H and O–H groups in total. The van der Waals surface area contributed by atoms with E-state index in [2.05, 4.69) is 5.32 Å². The minimum atomic E-state index is -4.22. The molecule has 0 heterocycles. The fraction of sp³-hybridized carbons (Fsp3) is 0.900. The molecule has 0 aliphatic carbocycles. The molecule has 0 aliphatic heterocycles. The van der Waals surface area contributed by atoms with Crippen molar-refractivity contribution in [2.24, 2.45) is 5.73 Å². The topological polar surface area (TPSA) is 55.1 Å². The fourth-order valence-corrected chi connectivity index (χ4v) is 1.66. The van der Waals surface area contributed by atoms with Crippen molar-refractivity contribution in [1.82, 2.24) is 5.32 Å². The van der Waals surface area contributed by atoms with Gasteiger partial charge < -0.3 is 11.1 Å². The molecule has 0 aromatic rings. The largest absolute Gasteiger partial charge is 0.441 e. The van der Waals surface area contributed by atoms with E-state index in [1.54, 1.807) is 0 Å². The molecule has 18 heavy (non-hydrogen) atoms. The number of thioether (sulfide) groups is 1. The van der Waals surface area contributed by atoms with Gasteiger partial charge in [0, 0.05) is 18.7 Å². The Labute approximate surface area is 116 Å². The van der Waals surface area contributed by atoms with Crippen LogP contribution in [-0.2, 0) is 4.79 Å². The zero-order valence-electron chi connectivity index (χ0n) is 10.1. The zero-order chi connectivity index (χ0) is 13.1. The molecule has 0 fully saturated rings. The van der Waals surface area contributed by atoms with E-state index >= 15 is 0 Å². The Morgan fingerprint density at radius 1 is 1.17 bits per heavy atom. The van der Waals surface area contributed by atoms with Crippen LogP contribution in [0.5, 0.6) is 0 Å². The Balaban J connectivity index is 0. The minimum absolute atomic E-state index is 0. The van der Waals surface area contributed by atoms with Crippen LogP contribution in [0.3, 0.4) is 0 Å². The molecule has 8 heteroatoms. The lowest BCUT2D eigenvalue weighted by Gasteiger charge is -2.07. The Bertz CT molecular complexity index is 218. The fourth-order valence-electron chi connectivity index (χ4n) is 1.23. The summed E-state index contributed by atoms with van der Waals surface area (Å²) in [5.41, 5.74) is 1.10. The van der Waals surface area contributed by atoms with Crippen LogP contribution in [0.4, 0.5) is 13.2 Å². The number of carbonyl (C=O) groups excluding carboxylic acids is 1. The highest BCUT2D eigenvalue weighted by Crippen LogP contribution is 2.29. The molecule has 0 atom stereocenters. The summed E-state index contributed by atoms with van der Waals surface area (Å²) in [6.07, 6.45) is 4.01. The van der Waals surface area contributed by atoms with Crippen molar-refractivity contribution >= 4 is 30.1 Å². The number of nitrogens with two attached hydrogens (primary N) is 1. The van der Waals surface area contributed by atoms with Gasteiger partial charge in [0.2, 0.25) is 5.91 Å². The van der Waals surface area contributed by atoms with Crippen LogP contribution < -0.4 is 11.1 Å². The number of halogens is 4. The zero-order valence-corrected chi connectivity index (χ0v) is 11.7. The van der Waals surface area contributed by atoms with Crippen LogP contribution in [0.1, 0.15) is 32.1 Å². The van der Waals surface area contributed by atoms with Gasteiger partial charge in [-0.2, -0.15) is 13.2 Å². The van der Waals surface area contributed by atoms with Crippen molar-refractivity contribution in [2.45, 2.75) is 37.6 Å². The van der Waals surface area contributed by atoms with Gasteiger partial charge in [-0.3, -0.25) is 4.79 Å². The third kappa shape index (κ3) is 15.9. The van der Waals surface area contributed by atoms with E-state index in [4.69, 9.17) is 5.73 Å². The number of hydrogen-bond donors (Lipinski definition) is 2. The maximum atomic E-state index is 11.7. The summed E-state index contributed by atoms with van der Waals surface area (Å²) in [6, 6.07) is 0. The summed E-state index contributed by atoms with van der Waals surface area (Å²) in [7, 11) is 0. The summed E-state index contributed by atoms with van der Waals surface area (Å²) in [5, 5.41) is 2.46. The molecule has 110 valence electrons. The van der Waals surface area contributed by atoms with Crippen LogP contribution in [-0.4, -0.2) is 30.3 Å². The van der Waals surface area contributed by atoms with E-state index < -0.39 is 5.51 Å². The normalized spacial score (nSPS) is 10.9. The van der Waals surface area contributed by atoms with Gasteiger partial charge in [-0.25, -0.2) is 0 Å². The van der Waals surface area contributed by atoms with Crippen LogP contribution in [0.2, 0.25) is 0 Å². The molecular formula is C10H20ClF3N2OS. The number of alkyl halides is 3. The number of rotatable bonds is 9. The van der Waals surface area contributed by atoms with Crippen LogP contribution in [0.15, 0.2) is 0 Å². The quantitative estimate of drug-likeness (QED) is 0.644. The Morgan fingerprint density at radius 2 is 1.78 bits per heavy atom. The molecule has 0 saturated carbocycles. The SMILES string of the molecule is Cl.NCCCCCCC(=O)NCCSC(F)(F)F. The number of hydrogen-bond acceptors (Lipinski definition) is 3. The van der Waals surface area contributed by atoms with Crippen molar-refractivity contribution < 1.29 is 18.0 Å². The molecular weight excluding hydrogens is 289 g/mol. The molecule has 0 aromatic carbocycles. The van der Waals surface area contributed by atoms with E-state index in [9.17, 15) is 18.0 Å². The highest BCUT2D eigenvalue weighted by molar-refractivity contribution is 8.00. The summed E-state index contributed by atoms with van der Waals surface area (Å²) in [5.74, 6) is -0.317. The first-order valence-corrected chi connectivity index (χ1v) is 6.61. The van der Waals surface area contributed by atoms with Gasteiger partial charge in [0.25, 0.3) is 0 Å². The van der Waals surface area contributed by atoms with Gasteiger partial charge in [0.05, 0.1) is 0 Å². The third-order valence-corrected chi connectivity index (χ3v) is 2.78. The number of carbonyl (C=O) groups is 1. The average molecular weight is 309 g/mol. The van der Waals surface area contributed by atoms with Crippen molar-refractivity contribution in [1.29, 1.82) is 0 Å². The minimum Gasteiger partial charge on any atom is -0.355 e. The summed E-state index contributed by atoms with van der Waals surface area (Å²) < 4.78 is 35.2. The van der Waals surface area contributed by atoms with E-state index in [0.29, 0.717) is 13.0 Å². The first kappa shape index (κ1) is 20.2. The molecule has 0 bridgehead atoms. The van der Waals surface area contributed by atoms with Crippen molar-refractivity contribution in [2.75, 3.05) is 18.8 Å². The van der Waals surface area contributed by atoms with E-state index in [-0.39, 0.29) is 42.4 Å². The number of nitrogens with one attached hydrogen (secondary N) is 1. The van der Waals surface area contributed by atoms with Gasteiger partial charge in [-0.1, -0.05) is 12.8 Å². The maximum absolute atomic E-state index is 11.7. The Kier molecular flexibility index (Phi) is 13.4. The first-order valence-electron chi connectivity index (χ1n) is 5.63. The maximum Gasteiger partial charge on any atom is 0.441 e. The van der Waals surface area contributed by atoms with Gasteiger partial charge >= 0.3 is 5.51 Å². The lowest BCUT2D eigenvalue weighted by Crippen LogP contribution is -2.26. The van der Waals surface area contributed by atoms with Crippen molar-refractivity contribution in [3.63, 3.8) is 0 Å². The van der Waals surface area contributed by atoms with Crippen LogP contribution in [0, 0.1) is 0 Å². The standard InChI is InChI=1S/C10H19F3N2OS.ClH/c11-10(12,13)17-8-7-15-9(16)5-3-1-2-4-6-14;/h1-8,14H2,(H,15,16);1H. The molecule has 0 saturated heterocycles. The molecule has 0 unspecified atom stereocenters. The second kappa shape index (κ2) is 11.9. The van der Waals surface area contributed by atoms with Crippen LogP contribution >= 0.6 is 24.2 Å². The number of amides is 1. The highest BCUT2D eigenvalue weighted by Gasteiger charge is 2.27. The van der Waals surface area contributed by atoms with Gasteiger partial charge in [-0.15, -0.1) is 12.4 Å². The Hall–Kier alpha value is -0.140. The monoisotopic (exact) mass is 308 g/mol. The van der Waals surface area contributed by atoms with Crippen LogP contribution in [0.25, 0.3) is 0 Å². The second-order valence-corrected chi connectivity index (χ2v) is 4.76. The summed E-state index contributed by atoms with van der Waals surface area (Å²) in [4.78, 5) is 11.2.